The Morgan fingerprint density at radius 1 is 1.26 bits per heavy atom. The molecule has 126 valence electrons. The second-order valence-electron chi connectivity index (χ2n) is 5.77. The zero-order chi connectivity index (χ0) is 16.7. The van der Waals surface area contributed by atoms with Gasteiger partial charge in [0.2, 0.25) is 0 Å². The van der Waals surface area contributed by atoms with Gasteiger partial charge in [-0.2, -0.15) is 5.26 Å². The molecule has 1 aromatic carbocycles. The van der Waals surface area contributed by atoms with E-state index in [1.54, 1.807) is 0 Å². The molecule has 5 heteroatoms. The molecule has 0 aliphatic carbocycles. The van der Waals surface area contributed by atoms with E-state index < -0.39 is 5.41 Å². The fraction of sp³-hybridized carbons (Fsp3) is 0.611. The van der Waals surface area contributed by atoms with Crippen LogP contribution in [0.5, 0.6) is 11.5 Å². The van der Waals surface area contributed by atoms with Crippen LogP contribution in [0.4, 0.5) is 0 Å². The summed E-state index contributed by atoms with van der Waals surface area (Å²) in [5, 5.41) is 9.69. The van der Waals surface area contributed by atoms with Crippen molar-refractivity contribution in [3.8, 4) is 17.6 Å². The summed E-state index contributed by atoms with van der Waals surface area (Å²) in [5.41, 5.74) is -0.667. The molecule has 1 aliphatic heterocycles. The minimum Gasteiger partial charge on any atom is -0.486 e. The molecule has 2 rings (SSSR count). The summed E-state index contributed by atoms with van der Waals surface area (Å²) in [7, 11) is 0. The van der Waals surface area contributed by atoms with Crippen molar-refractivity contribution in [2.24, 2.45) is 5.41 Å². The molecule has 0 saturated heterocycles. The predicted molar refractivity (Wildman–Crippen MR) is 86.3 cm³/mol. The Labute approximate surface area is 138 Å². The lowest BCUT2D eigenvalue weighted by molar-refractivity contribution is -0.144. The van der Waals surface area contributed by atoms with Crippen LogP contribution in [0.1, 0.15) is 33.6 Å². The van der Waals surface area contributed by atoms with E-state index >= 15 is 0 Å². The Morgan fingerprint density at radius 2 is 1.91 bits per heavy atom. The molecule has 0 amide bonds. The third kappa shape index (κ3) is 4.37. The van der Waals surface area contributed by atoms with E-state index in [1.807, 2.05) is 45.0 Å². The van der Waals surface area contributed by atoms with Gasteiger partial charge in [-0.25, -0.2) is 0 Å². The Bertz CT molecular complexity index is 536. The van der Waals surface area contributed by atoms with E-state index in [0.29, 0.717) is 38.4 Å². The van der Waals surface area contributed by atoms with Crippen LogP contribution in [0.25, 0.3) is 0 Å². The van der Waals surface area contributed by atoms with Crippen LogP contribution in [0.3, 0.4) is 0 Å². The van der Waals surface area contributed by atoms with Gasteiger partial charge < -0.3 is 18.9 Å². The topological polar surface area (TPSA) is 60.7 Å². The first-order chi connectivity index (χ1) is 11.1. The van der Waals surface area contributed by atoms with Crippen LogP contribution in [0, 0.1) is 16.7 Å². The Hall–Kier alpha value is -1.77. The largest absolute Gasteiger partial charge is 0.486 e. The van der Waals surface area contributed by atoms with Crippen molar-refractivity contribution in [2.75, 3.05) is 19.8 Å². The number of para-hydroxylation sites is 2. The average molecular weight is 319 g/mol. The van der Waals surface area contributed by atoms with Crippen LogP contribution >= 0.6 is 0 Å². The van der Waals surface area contributed by atoms with Gasteiger partial charge in [0.1, 0.15) is 6.61 Å². The fourth-order valence-electron chi connectivity index (χ4n) is 2.63. The number of ether oxygens (including phenoxy) is 4. The maximum absolute atomic E-state index is 9.69. The van der Waals surface area contributed by atoms with E-state index in [0.717, 1.165) is 5.75 Å². The summed E-state index contributed by atoms with van der Waals surface area (Å²) in [6.07, 6.45) is 0.665. The molecule has 0 N–H and O–H groups in total. The zero-order valence-corrected chi connectivity index (χ0v) is 14.1. The maximum Gasteiger partial charge on any atom is 0.161 e. The van der Waals surface area contributed by atoms with Gasteiger partial charge in [0.25, 0.3) is 0 Å². The molecule has 0 spiro atoms. The Morgan fingerprint density at radius 3 is 2.52 bits per heavy atom. The predicted octanol–water partition coefficient (Wildman–Crippen LogP) is 3.54. The van der Waals surface area contributed by atoms with E-state index in [4.69, 9.17) is 18.9 Å². The zero-order valence-electron chi connectivity index (χ0n) is 14.1. The lowest BCUT2D eigenvalue weighted by atomic mass is 9.81. The van der Waals surface area contributed by atoms with Gasteiger partial charge in [0, 0.05) is 19.6 Å². The highest BCUT2D eigenvalue weighted by molar-refractivity contribution is 5.41. The minimum absolute atomic E-state index is 0.283. The number of nitriles is 1. The van der Waals surface area contributed by atoms with Gasteiger partial charge in [0.15, 0.2) is 23.9 Å². The normalized spacial score (nSPS) is 19.2. The first kappa shape index (κ1) is 17.6. The van der Waals surface area contributed by atoms with E-state index in [1.165, 1.54) is 0 Å². The first-order valence-corrected chi connectivity index (χ1v) is 8.16. The molecule has 2 unspecified atom stereocenters. The third-order valence-corrected chi connectivity index (χ3v) is 4.08. The van der Waals surface area contributed by atoms with Crippen molar-refractivity contribution in [3.63, 3.8) is 0 Å². The number of hydrogen-bond acceptors (Lipinski definition) is 5. The Kier molecular flexibility index (Phi) is 6.26. The van der Waals surface area contributed by atoms with E-state index in [-0.39, 0.29) is 12.4 Å². The van der Waals surface area contributed by atoms with Crippen LogP contribution in [0.2, 0.25) is 0 Å². The smallest absolute Gasteiger partial charge is 0.161 e. The number of rotatable bonds is 8. The van der Waals surface area contributed by atoms with Gasteiger partial charge in [0.05, 0.1) is 11.5 Å². The highest BCUT2D eigenvalue weighted by atomic mass is 16.7. The highest BCUT2D eigenvalue weighted by Crippen LogP contribution is 2.38. The number of nitrogens with zero attached hydrogens (tertiary/aromatic N) is 1. The van der Waals surface area contributed by atoms with Crippen molar-refractivity contribution in [2.45, 2.75) is 46.0 Å². The molecule has 0 saturated carbocycles. The maximum atomic E-state index is 9.69. The molecule has 23 heavy (non-hydrogen) atoms. The molecular weight excluding hydrogens is 294 g/mol. The lowest BCUT2D eigenvalue weighted by Crippen LogP contribution is -2.43. The second-order valence-corrected chi connectivity index (χ2v) is 5.77. The summed E-state index contributed by atoms with van der Waals surface area (Å²) in [6.45, 7) is 7.32. The molecular formula is C18H25NO4. The van der Waals surface area contributed by atoms with Crippen molar-refractivity contribution in [1.82, 2.24) is 0 Å². The van der Waals surface area contributed by atoms with Crippen molar-refractivity contribution in [3.05, 3.63) is 24.3 Å². The lowest BCUT2D eigenvalue weighted by Gasteiger charge is -2.36. The number of fused-ring (bicyclic) bond motifs is 1. The molecule has 0 radical (unpaired) electrons. The summed E-state index contributed by atoms with van der Waals surface area (Å²) >= 11 is 0. The molecule has 1 heterocycles. The summed E-state index contributed by atoms with van der Waals surface area (Å²) < 4.78 is 22.9. The van der Waals surface area contributed by atoms with Crippen LogP contribution in [-0.4, -0.2) is 32.2 Å². The monoisotopic (exact) mass is 319 g/mol. The van der Waals surface area contributed by atoms with Crippen LogP contribution in [-0.2, 0) is 9.47 Å². The third-order valence-electron chi connectivity index (χ3n) is 4.08. The quantitative estimate of drug-likeness (QED) is 0.686. The number of hydrogen-bond donors (Lipinski definition) is 0. The second kappa shape index (κ2) is 8.19. The van der Waals surface area contributed by atoms with Gasteiger partial charge in [-0.3, -0.25) is 0 Å². The highest BCUT2D eigenvalue weighted by Gasteiger charge is 2.40. The average Bonchev–Trinajstić information content (AvgIpc) is 2.59. The van der Waals surface area contributed by atoms with Crippen LogP contribution < -0.4 is 9.47 Å². The van der Waals surface area contributed by atoms with Crippen molar-refractivity contribution >= 4 is 0 Å². The SMILES string of the molecule is CCOC(CCC(C)(C#N)C1COc2ccccc2O1)OCC. The van der Waals surface area contributed by atoms with E-state index in [9.17, 15) is 5.26 Å². The number of benzene rings is 1. The van der Waals surface area contributed by atoms with Gasteiger partial charge in [-0.1, -0.05) is 12.1 Å². The molecule has 1 aromatic rings. The summed E-state index contributed by atoms with van der Waals surface area (Å²) in [4.78, 5) is 0. The Balaban J connectivity index is 2.02. The minimum atomic E-state index is -0.667. The fourth-order valence-corrected chi connectivity index (χ4v) is 2.63. The molecule has 5 nitrogen and oxygen atoms in total. The summed E-state index contributed by atoms with van der Waals surface area (Å²) in [6, 6.07) is 9.94. The van der Waals surface area contributed by atoms with Crippen molar-refractivity contribution < 1.29 is 18.9 Å². The summed E-state index contributed by atoms with van der Waals surface area (Å²) in [5.74, 6) is 1.42. The first-order valence-electron chi connectivity index (χ1n) is 8.16. The van der Waals surface area contributed by atoms with Crippen molar-refractivity contribution in [1.29, 1.82) is 5.26 Å². The van der Waals surface area contributed by atoms with Gasteiger partial charge in [-0.15, -0.1) is 0 Å². The van der Waals surface area contributed by atoms with Crippen LogP contribution in [0.15, 0.2) is 24.3 Å². The molecule has 0 aromatic heterocycles. The van der Waals surface area contributed by atoms with E-state index in [2.05, 4.69) is 6.07 Å². The molecule has 0 bridgehead atoms. The van der Waals surface area contributed by atoms with Gasteiger partial charge >= 0.3 is 0 Å². The molecule has 2 atom stereocenters. The molecule has 1 aliphatic rings. The molecule has 0 fully saturated rings. The standard InChI is InChI=1S/C18H25NO4/c1-4-20-17(21-5-2)10-11-18(3,13-19)16-12-22-14-8-6-7-9-15(14)23-16/h6-9,16-17H,4-5,10-12H2,1-3H3. The van der Waals surface area contributed by atoms with Gasteiger partial charge in [-0.05, 0) is 39.3 Å².